The average Bonchev–Trinajstić information content (AvgIpc) is 2.56. The van der Waals surface area contributed by atoms with Crippen LogP contribution in [0.1, 0.15) is 41.6 Å². The van der Waals surface area contributed by atoms with E-state index in [9.17, 15) is 4.79 Å². The Kier molecular flexibility index (Phi) is 6.75. The minimum absolute atomic E-state index is 0. The Bertz CT molecular complexity index is 379. The molecular weight excluding hydrogens is 256 g/mol. The van der Waals surface area contributed by atoms with Crippen LogP contribution in [0.4, 0.5) is 0 Å². The van der Waals surface area contributed by atoms with Gasteiger partial charge in [0.15, 0.2) is 0 Å². The molecule has 1 amide bonds. The lowest BCUT2D eigenvalue weighted by atomic mass is 10.1. The number of carbonyl (C=O) groups is 1. The summed E-state index contributed by atoms with van der Waals surface area (Å²) in [6, 6.07) is 1.76. The summed E-state index contributed by atoms with van der Waals surface area (Å²) in [5.41, 5.74) is 6.87. The fourth-order valence-corrected chi connectivity index (χ4v) is 2.69. The molecule has 1 heterocycles. The lowest BCUT2D eigenvalue weighted by Gasteiger charge is -2.16. The SMILES string of the molecule is CCC(N)C(=O)NC(C)c1cc(C)sc1C.Cl. The monoisotopic (exact) mass is 276 g/mol. The Morgan fingerprint density at radius 3 is 2.53 bits per heavy atom. The molecule has 0 radical (unpaired) electrons. The third-order valence-electron chi connectivity index (χ3n) is 2.68. The van der Waals surface area contributed by atoms with Gasteiger partial charge in [0.25, 0.3) is 0 Å². The van der Waals surface area contributed by atoms with E-state index in [0.717, 1.165) is 0 Å². The van der Waals surface area contributed by atoms with Gasteiger partial charge in [-0.2, -0.15) is 0 Å². The Morgan fingerprint density at radius 2 is 2.12 bits per heavy atom. The molecule has 1 aromatic heterocycles. The van der Waals surface area contributed by atoms with Crippen molar-refractivity contribution in [2.24, 2.45) is 5.73 Å². The first-order valence-corrected chi connectivity index (χ1v) is 6.40. The summed E-state index contributed by atoms with van der Waals surface area (Å²) < 4.78 is 0. The second-order valence-corrected chi connectivity index (χ2v) is 5.57. The van der Waals surface area contributed by atoms with Gasteiger partial charge in [0, 0.05) is 9.75 Å². The molecule has 1 aromatic rings. The van der Waals surface area contributed by atoms with Crippen molar-refractivity contribution in [3.63, 3.8) is 0 Å². The third kappa shape index (κ3) is 4.30. The van der Waals surface area contributed by atoms with Crippen LogP contribution in [0.15, 0.2) is 6.07 Å². The second kappa shape index (κ2) is 6.99. The maximum absolute atomic E-state index is 11.6. The van der Waals surface area contributed by atoms with Crippen LogP contribution in [-0.2, 0) is 4.79 Å². The smallest absolute Gasteiger partial charge is 0.237 e. The summed E-state index contributed by atoms with van der Waals surface area (Å²) in [5.74, 6) is -0.0711. The highest BCUT2D eigenvalue weighted by atomic mass is 35.5. The highest BCUT2D eigenvalue weighted by Gasteiger charge is 2.17. The average molecular weight is 277 g/mol. The van der Waals surface area contributed by atoms with Crippen LogP contribution in [0.25, 0.3) is 0 Å². The molecule has 3 N–H and O–H groups in total. The van der Waals surface area contributed by atoms with E-state index in [1.54, 1.807) is 11.3 Å². The third-order valence-corrected chi connectivity index (χ3v) is 3.66. The fraction of sp³-hybridized carbons (Fsp3) is 0.583. The number of rotatable bonds is 4. The highest BCUT2D eigenvalue weighted by molar-refractivity contribution is 7.12. The number of amides is 1. The number of nitrogens with one attached hydrogen (secondary N) is 1. The van der Waals surface area contributed by atoms with Crippen LogP contribution < -0.4 is 11.1 Å². The van der Waals surface area contributed by atoms with Gasteiger partial charge in [-0.15, -0.1) is 23.7 Å². The van der Waals surface area contributed by atoms with Gasteiger partial charge in [-0.1, -0.05) is 6.92 Å². The normalized spacial score (nSPS) is 13.7. The van der Waals surface area contributed by atoms with E-state index >= 15 is 0 Å². The van der Waals surface area contributed by atoms with Gasteiger partial charge in [-0.3, -0.25) is 4.79 Å². The summed E-state index contributed by atoms with van der Waals surface area (Å²) in [6.07, 6.45) is 0.667. The van der Waals surface area contributed by atoms with Crippen molar-refractivity contribution in [3.8, 4) is 0 Å². The minimum atomic E-state index is -0.400. The highest BCUT2D eigenvalue weighted by Crippen LogP contribution is 2.26. The topological polar surface area (TPSA) is 55.1 Å². The molecule has 3 nitrogen and oxygen atoms in total. The van der Waals surface area contributed by atoms with E-state index in [-0.39, 0.29) is 24.4 Å². The van der Waals surface area contributed by atoms with Gasteiger partial charge in [-0.05, 0) is 38.8 Å². The summed E-state index contributed by atoms with van der Waals surface area (Å²) in [5, 5.41) is 2.94. The lowest BCUT2D eigenvalue weighted by Crippen LogP contribution is -2.41. The van der Waals surface area contributed by atoms with E-state index in [1.165, 1.54) is 15.3 Å². The molecule has 2 atom stereocenters. The Morgan fingerprint density at radius 1 is 1.53 bits per heavy atom. The van der Waals surface area contributed by atoms with Crippen molar-refractivity contribution in [1.29, 1.82) is 0 Å². The molecule has 0 aliphatic rings. The molecule has 17 heavy (non-hydrogen) atoms. The van der Waals surface area contributed by atoms with Gasteiger partial charge in [-0.25, -0.2) is 0 Å². The largest absolute Gasteiger partial charge is 0.348 e. The van der Waals surface area contributed by atoms with Crippen molar-refractivity contribution in [1.82, 2.24) is 5.32 Å². The van der Waals surface area contributed by atoms with Crippen LogP contribution in [0.2, 0.25) is 0 Å². The minimum Gasteiger partial charge on any atom is -0.348 e. The summed E-state index contributed by atoms with van der Waals surface area (Å²) in [4.78, 5) is 14.2. The van der Waals surface area contributed by atoms with Crippen molar-refractivity contribution < 1.29 is 4.79 Å². The molecule has 0 saturated heterocycles. The quantitative estimate of drug-likeness (QED) is 0.888. The molecule has 0 saturated carbocycles. The van der Waals surface area contributed by atoms with E-state index in [4.69, 9.17) is 5.73 Å². The van der Waals surface area contributed by atoms with E-state index in [0.29, 0.717) is 6.42 Å². The molecule has 0 aliphatic carbocycles. The summed E-state index contributed by atoms with van der Waals surface area (Å²) >= 11 is 1.76. The van der Waals surface area contributed by atoms with E-state index < -0.39 is 6.04 Å². The first-order valence-electron chi connectivity index (χ1n) is 5.58. The number of thiophene rings is 1. The van der Waals surface area contributed by atoms with Crippen molar-refractivity contribution in [3.05, 3.63) is 21.4 Å². The fourth-order valence-electron chi connectivity index (χ4n) is 1.66. The molecule has 0 spiro atoms. The van der Waals surface area contributed by atoms with E-state index in [1.807, 2.05) is 13.8 Å². The molecular formula is C12H21ClN2OS. The van der Waals surface area contributed by atoms with Crippen molar-refractivity contribution in [2.75, 3.05) is 0 Å². The van der Waals surface area contributed by atoms with Gasteiger partial charge in [0.1, 0.15) is 0 Å². The van der Waals surface area contributed by atoms with Gasteiger partial charge in [0.05, 0.1) is 12.1 Å². The molecule has 0 aliphatic heterocycles. The number of hydrogen-bond acceptors (Lipinski definition) is 3. The maximum atomic E-state index is 11.6. The van der Waals surface area contributed by atoms with Gasteiger partial charge in [0.2, 0.25) is 5.91 Å². The molecule has 0 fully saturated rings. The first kappa shape index (κ1) is 16.4. The molecule has 2 unspecified atom stereocenters. The lowest BCUT2D eigenvalue weighted by molar-refractivity contribution is -0.123. The van der Waals surface area contributed by atoms with Crippen LogP contribution in [0.5, 0.6) is 0 Å². The van der Waals surface area contributed by atoms with Crippen LogP contribution in [0.3, 0.4) is 0 Å². The molecule has 1 rings (SSSR count). The molecule has 0 bridgehead atoms. The number of nitrogens with two attached hydrogens (primary N) is 1. The van der Waals surface area contributed by atoms with Crippen LogP contribution in [0, 0.1) is 13.8 Å². The predicted octanol–water partition coefficient (Wildman–Crippen LogP) is 2.70. The van der Waals surface area contributed by atoms with Gasteiger partial charge >= 0.3 is 0 Å². The zero-order valence-electron chi connectivity index (χ0n) is 10.7. The van der Waals surface area contributed by atoms with Crippen LogP contribution >= 0.6 is 23.7 Å². The van der Waals surface area contributed by atoms with Crippen LogP contribution in [-0.4, -0.2) is 11.9 Å². The second-order valence-electron chi connectivity index (χ2n) is 4.11. The molecule has 0 aromatic carbocycles. The Labute approximate surface area is 113 Å². The number of hydrogen-bond donors (Lipinski definition) is 2. The van der Waals surface area contributed by atoms with E-state index in [2.05, 4.69) is 25.2 Å². The standard InChI is InChI=1S/C12H20N2OS.ClH/c1-5-11(13)12(15)14-8(3)10-6-7(2)16-9(10)4;/h6,8,11H,5,13H2,1-4H3,(H,14,15);1H. The first-order chi connectivity index (χ1) is 7.45. The summed E-state index contributed by atoms with van der Waals surface area (Å²) in [7, 11) is 0. The summed E-state index contributed by atoms with van der Waals surface area (Å²) in [6.45, 7) is 8.06. The molecule has 98 valence electrons. The van der Waals surface area contributed by atoms with Gasteiger partial charge < -0.3 is 11.1 Å². The predicted molar refractivity (Wildman–Crippen MR) is 75.9 cm³/mol. The zero-order valence-corrected chi connectivity index (χ0v) is 12.4. The number of aryl methyl sites for hydroxylation is 2. The Balaban J connectivity index is 0.00000256. The number of carbonyl (C=O) groups excluding carboxylic acids is 1. The molecule has 5 heteroatoms. The number of halogens is 1. The Hall–Kier alpha value is -0.580. The van der Waals surface area contributed by atoms with Crippen molar-refractivity contribution >= 4 is 29.7 Å². The zero-order chi connectivity index (χ0) is 12.3. The maximum Gasteiger partial charge on any atom is 0.237 e. The van der Waals surface area contributed by atoms with Crippen molar-refractivity contribution in [2.45, 2.75) is 46.2 Å².